The number of halogens is 1. The summed E-state index contributed by atoms with van der Waals surface area (Å²) in [5.74, 6) is -0.271. The van der Waals surface area contributed by atoms with E-state index in [0.717, 1.165) is 10.0 Å². The van der Waals surface area contributed by atoms with Gasteiger partial charge in [-0.2, -0.15) is 0 Å². The lowest BCUT2D eigenvalue weighted by Crippen LogP contribution is -2.13. The molecule has 1 heterocycles. The number of amides is 1. The second-order valence-electron chi connectivity index (χ2n) is 7.02. The average molecular weight is 514 g/mol. The topological polar surface area (TPSA) is 119 Å². The Morgan fingerprint density at radius 1 is 1.06 bits per heavy atom. The van der Waals surface area contributed by atoms with Crippen molar-refractivity contribution in [3.8, 4) is 11.1 Å². The van der Waals surface area contributed by atoms with Crippen molar-refractivity contribution in [3.63, 3.8) is 0 Å². The van der Waals surface area contributed by atoms with Crippen molar-refractivity contribution < 1.29 is 18.0 Å². The summed E-state index contributed by atoms with van der Waals surface area (Å²) in [6.45, 7) is 1.58. The SMILES string of the molecule is C/C(=C/C(=O)Nc1ccc(Br)cn1)C(=O)Cc1ccc(-c2ccccc2S(N)(=O)=O)cc1. The normalized spacial score (nSPS) is 11.8. The third kappa shape index (κ3) is 6.19. The van der Waals surface area contributed by atoms with Crippen molar-refractivity contribution >= 4 is 43.5 Å². The molecule has 3 rings (SSSR count). The second kappa shape index (κ2) is 9.99. The van der Waals surface area contributed by atoms with Crippen LogP contribution in [0.4, 0.5) is 5.82 Å². The summed E-state index contributed by atoms with van der Waals surface area (Å²) < 4.78 is 24.4. The van der Waals surface area contributed by atoms with Crippen LogP contribution >= 0.6 is 15.9 Å². The van der Waals surface area contributed by atoms with Gasteiger partial charge in [0.1, 0.15) is 5.82 Å². The summed E-state index contributed by atoms with van der Waals surface area (Å²) in [7, 11) is -3.86. The van der Waals surface area contributed by atoms with Crippen molar-refractivity contribution in [3.05, 3.63) is 88.5 Å². The smallest absolute Gasteiger partial charge is 0.249 e. The molecule has 0 saturated carbocycles. The number of nitrogens with two attached hydrogens (primary N) is 1. The number of rotatable bonds is 7. The molecule has 0 aliphatic heterocycles. The van der Waals surface area contributed by atoms with E-state index in [1.807, 2.05) is 0 Å². The number of Topliss-reactive ketones (excluding diaryl/α,β-unsaturated/α-hetero) is 1. The van der Waals surface area contributed by atoms with Crippen LogP contribution in [0.1, 0.15) is 12.5 Å². The number of carbonyl (C=O) groups excluding carboxylic acids is 2. The maximum atomic E-state index is 12.5. The minimum Gasteiger partial charge on any atom is -0.307 e. The largest absolute Gasteiger partial charge is 0.307 e. The molecule has 0 bridgehead atoms. The van der Waals surface area contributed by atoms with Crippen LogP contribution in [0.3, 0.4) is 0 Å². The molecule has 3 N–H and O–H groups in total. The zero-order valence-corrected chi connectivity index (χ0v) is 19.5. The molecule has 0 unspecified atom stereocenters. The van der Waals surface area contributed by atoms with E-state index < -0.39 is 15.9 Å². The summed E-state index contributed by atoms with van der Waals surface area (Å²) in [5.41, 5.74) is 2.19. The molecule has 0 aliphatic carbocycles. The first-order chi connectivity index (χ1) is 15.1. The van der Waals surface area contributed by atoms with Gasteiger partial charge in [0.2, 0.25) is 15.9 Å². The van der Waals surface area contributed by atoms with Crippen molar-refractivity contribution in [2.24, 2.45) is 5.14 Å². The lowest BCUT2D eigenvalue weighted by atomic mass is 10.00. The number of carbonyl (C=O) groups is 2. The quantitative estimate of drug-likeness (QED) is 0.465. The summed E-state index contributed by atoms with van der Waals surface area (Å²) in [6, 6.07) is 16.8. The summed E-state index contributed by atoms with van der Waals surface area (Å²) in [4.78, 5) is 28.7. The van der Waals surface area contributed by atoms with Crippen molar-refractivity contribution in [2.45, 2.75) is 18.2 Å². The van der Waals surface area contributed by atoms with Crippen molar-refractivity contribution in [2.75, 3.05) is 5.32 Å². The van der Waals surface area contributed by atoms with Gasteiger partial charge in [0.05, 0.1) is 4.90 Å². The molecule has 7 nitrogen and oxygen atoms in total. The highest BCUT2D eigenvalue weighted by atomic mass is 79.9. The van der Waals surface area contributed by atoms with Gasteiger partial charge in [-0.05, 0) is 57.8 Å². The number of hydrogen-bond donors (Lipinski definition) is 2. The Morgan fingerprint density at radius 3 is 2.38 bits per heavy atom. The lowest BCUT2D eigenvalue weighted by molar-refractivity contribution is -0.116. The van der Waals surface area contributed by atoms with Crippen LogP contribution in [0, 0.1) is 0 Å². The number of benzene rings is 2. The van der Waals surface area contributed by atoms with Crippen LogP contribution in [-0.4, -0.2) is 25.1 Å². The Hall–Kier alpha value is -3.14. The molecular weight excluding hydrogens is 494 g/mol. The van der Waals surface area contributed by atoms with Gasteiger partial charge in [0.25, 0.3) is 0 Å². The highest BCUT2D eigenvalue weighted by Crippen LogP contribution is 2.27. The van der Waals surface area contributed by atoms with E-state index in [4.69, 9.17) is 5.14 Å². The predicted octanol–water partition coefficient (Wildman–Crippen LogP) is 3.86. The molecule has 0 fully saturated rings. The second-order valence-corrected chi connectivity index (χ2v) is 9.46. The fourth-order valence-electron chi connectivity index (χ4n) is 2.97. The van der Waals surface area contributed by atoms with Gasteiger partial charge in [-0.15, -0.1) is 0 Å². The van der Waals surface area contributed by atoms with Crippen molar-refractivity contribution in [1.82, 2.24) is 4.98 Å². The van der Waals surface area contributed by atoms with Gasteiger partial charge in [0.15, 0.2) is 5.78 Å². The summed E-state index contributed by atoms with van der Waals surface area (Å²) in [6.07, 6.45) is 2.90. The minimum atomic E-state index is -3.86. The fourth-order valence-corrected chi connectivity index (χ4v) is 3.96. The van der Waals surface area contributed by atoms with E-state index in [0.29, 0.717) is 22.5 Å². The number of nitrogens with one attached hydrogen (secondary N) is 1. The molecule has 9 heteroatoms. The van der Waals surface area contributed by atoms with Crippen molar-refractivity contribution in [1.29, 1.82) is 0 Å². The van der Waals surface area contributed by atoms with Crippen LogP contribution in [0.5, 0.6) is 0 Å². The molecule has 0 radical (unpaired) electrons. The third-order valence-electron chi connectivity index (χ3n) is 4.59. The molecular formula is C23H20BrN3O4S. The maximum absolute atomic E-state index is 12.5. The Bertz CT molecular complexity index is 1290. The third-order valence-corrected chi connectivity index (χ3v) is 6.03. The molecule has 0 aliphatic rings. The zero-order valence-electron chi connectivity index (χ0n) is 17.1. The number of primary sulfonamides is 1. The number of ketones is 1. The Morgan fingerprint density at radius 2 is 1.75 bits per heavy atom. The number of hydrogen-bond acceptors (Lipinski definition) is 5. The Balaban J connectivity index is 1.69. The lowest BCUT2D eigenvalue weighted by Gasteiger charge is -2.09. The maximum Gasteiger partial charge on any atom is 0.249 e. The van der Waals surface area contributed by atoms with Crippen LogP contribution in [0.15, 0.2) is 87.9 Å². The fraction of sp³-hybridized carbons (Fsp3) is 0.0870. The van der Waals surface area contributed by atoms with Gasteiger partial charge in [-0.25, -0.2) is 18.5 Å². The standard InChI is InChI=1S/C23H20BrN3O4S/c1-15(12-23(29)27-22-11-10-18(24)14-26-22)20(28)13-16-6-8-17(9-7-16)19-4-2-3-5-21(19)32(25,30)31/h2-12,14H,13H2,1H3,(H2,25,30,31)(H,26,27,29)/b15-12-. The molecule has 2 aromatic carbocycles. The van der Waals surface area contributed by atoms with Gasteiger partial charge in [0, 0.05) is 28.7 Å². The number of aromatic nitrogens is 1. The van der Waals surface area contributed by atoms with E-state index in [2.05, 4.69) is 26.2 Å². The Labute approximate surface area is 194 Å². The van der Waals surface area contributed by atoms with E-state index in [9.17, 15) is 18.0 Å². The Kier molecular flexibility index (Phi) is 7.34. The molecule has 0 atom stereocenters. The van der Waals surface area contributed by atoms with Crippen LogP contribution < -0.4 is 10.5 Å². The highest BCUT2D eigenvalue weighted by molar-refractivity contribution is 9.10. The molecule has 0 spiro atoms. The van der Waals surface area contributed by atoms with Crippen LogP contribution in [0.25, 0.3) is 11.1 Å². The van der Waals surface area contributed by atoms with E-state index in [1.165, 1.54) is 12.1 Å². The number of anilines is 1. The summed E-state index contributed by atoms with van der Waals surface area (Å²) >= 11 is 3.27. The number of allylic oxidation sites excluding steroid dienone is 1. The molecule has 3 aromatic rings. The first-order valence-electron chi connectivity index (χ1n) is 9.48. The zero-order chi connectivity index (χ0) is 23.3. The molecule has 0 saturated heterocycles. The number of nitrogens with zero attached hydrogens (tertiary/aromatic N) is 1. The molecule has 164 valence electrons. The molecule has 1 amide bonds. The van der Waals surface area contributed by atoms with Gasteiger partial charge in [-0.1, -0.05) is 42.5 Å². The van der Waals surface area contributed by atoms with E-state index >= 15 is 0 Å². The molecule has 1 aromatic heterocycles. The minimum absolute atomic E-state index is 0.0360. The average Bonchev–Trinajstić information content (AvgIpc) is 2.75. The predicted molar refractivity (Wildman–Crippen MR) is 126 cm³/mol. The van der Waals surface area contributed by atoms with Gasteiger partial charge >= 0.3 is 0 Å². The monoisotopic (exact) mass is 513 g/mol. The van der Waals surface area contributed by atoms with Crippen LogP contribution in [-0.2, 0) is 26.0 Å². The first kappa shape index (κ1) is 23.5. The molecule has 32 heavy (non-hydrogen) atoms. The van der Waals surface area contributed by atoms with E-state index in [1.54, 1.807) is 67.7 Å². The van der Waals surface area contributed by atoms with Crippen LogP contribution in [0.2, 0.25) is 0 Å². The highest BCUT2D eigenvalue weighted by Gasteiger charge is 2.15. The van der Waals surface area contributed by atoms with Gasteiger partial charge < -0.3 is 5.32 Å². The summed E-state index contributed by atoms with van der Waals surface area (Å²) in [5, 5.41) is 7.90. The number of sulfonamides is 1. The number of pyridine rings is 1. The van der Waals surface area contributed by atoms with Gasteiger partial charge in [-0.3, -0.25) is 9.59 Å². The van der Waals surface area contributed by atoms with E-state index in [-0.39, 0.29) is 17.1 Å². The first-order valence-corrected chi connectivity index (χ1v) is 11.8.